The number of rotatable bonds is 5. The Morgan fingerprint density at radius 3 is 2.25 bits per heavy atom. The first kappa shape index (κ1) is 28.2. The van der Waals surface area contributed by atoms with Crippen LogP contribution in [0.2, 0.25) is 5.02 Å². The summed E-state index contributed by atoms with van der Waals surface area (Å²) in [7, 11) is 0. The number of benzene rings is 3. The second-order valence-electron chi connectivity index (χ2n) is 11.4. The van der Waals surface area contributed by atoms with Crippen molar-refractivity contribution in [1.29, 1.82) is 0 Å². The maximum Gasteiger partial charge on any atom is 0.335 e. The summed E-state index contributed by atoms with van der Waals surface area (Å²) in [5, 5.41) is 23.8. The van der Waals surface area contributed by atoms with Gasteiger partial charge in [-0.3, -0.25) is 0 Å². The molecule has 3 aromatic rings. The zero-order valence-corrected chi connectivity index (χ0v) is 23.8. The molecule has 1 saturated carbocycles. The Morgan fingerprint density at radius 1 is 0.850 bits per heavy atom. The third-order valence-corrected chi connectivity index (χ3v) is 9.09. The minimum absolute atomic E-state index is 0.0277. The zero-order chi connectivity index (χ0) is 28.2. The molecule has 1 unspecified atom stereocenters. The van der Waals surface area contributed by atoms with Gasteiger partial charge < -0.3 is 10.2 Å². The maximum absolute atomic E-state index is 10.6. The van der Waals surface area contributed by atoms with Crippen molar-refractivity contribution >= 4 is 35.7 Å². The summed E-state index contributed by atoms with van der Waals surface area (Å²) < 4.78 is 0. The molecule has 208 valence electrons. The molecule has 0 aliphatic heterocycles. The van der Waals surface area contributed by atoms with E-state index in [4.69, 9.17) is 21.8 Å². The van der Waals surface area contributed by atoms with Crippen LogP contribution in [-0.4, -0.2) is 22.2 Å². The molecule has 3 aliphatic rings. The Morgan fingerprint density at radius 2 is 1.55 bits per heavy atom. The Bertz CT molecular complexity index is 1620. The normalized spacial score (nSPS) is 17.6. The van der Waals surface area contributed by atoms with Crippen molar-refractivity contribution in [3.05, 3.63) is 102 Å². The van der Waals surface area contributed by atoms with Crippen molar-refractivity contribution in [2.24, 2.45) is 5.92 Å². The van der Waals surface area contributed by atoms with Crippen LogP contribution < -0.4 is 10.4 Å². The monoisotopic (exact) mass is 556 g/mol. The van der Waals surface area contributed by atoms with Gasteiger partial charge in [-0.15, -0.1) is 0 Å². The fourth-order valence-electron chi connectivity index (χ4n) is 6.77. The quantitative estimate of drug-likeness (QED) is 0.344. The minimum Gasteiger partial charge on any atom is -0.478 e. The van der Waals surface area contributed by atoms with E-state index in [9.17, 15) is 9.59 Å². The molecule has 1 fully saturated rings. The molecule has 6 rings (SSSR count). The first-order valence-electron chi connectivity index (χ1n) is 14.5. The lowest BCUT2D eigenvalue weighted by Crippen LogP contribution is -2.22. The molecule has 3 aliphatic carbocycles. The number of aromatic carboxylic acids is 2. The smallest absolute Gasteiger partial charge is 0.335 e. The van der Waals surface area contributed by atoms with E-state index in [1.165, 1.54) is 110 Å². The predicted octanol–water partition coefficient (Wildman–Crippen LogP) is 7.37. The molecular weight excluding hydrogens is 520 g/mol. The Hall–Kier alpha value is -3.37. The highest BCUT2D eigenvalue weighted by molar-refractivity contribution is 6.30. The van der Waals surface area contributed by atoms with E-state index < -0.39 is 11.9 Å². The summed E-state index contributed by atoms with van der Waals surface area (Å²) in [5.41, 5.74) is 3.57. The molecule has 2 N–H and O–H groups in total. The number of fused-ring (bicyclic) bond motifs is 4. The summed E-state index contributed by atoms with van der Waals surface area (Å²) in [6.45, 7) is 1.48. The second kappa shape index (κ2) is 12.4. The first-order valence-corrected chi connectivity index (χ1v) is 14.9. The zero-order valence-electron chi connectivity index (χ0n) is 23.1. The average molecular weight is 557 g/mol. The second-order valence-corrected chi connectivity index (χ2v) is 11.8. The van der Waals surface area contributed by atoms with E-state index in [0.29, 0.717) is 5.92 Å². The van der Waals surface area contributed by atoms with Gasteiger partial charge in [0.25, 0.3) is 0 Å². The van der Waals surface area contributed by atoms with Gasteiger partial charge in [-0.1, -0.05) is 80.1 Å². The Balaban J connectivity index is 0.000000210. The molecule has 0 saturated heterocycles. The molecule has 3 aromatic carbocycles. The summed E-state index contributed by atoms with van der Waals surface area (Å²) in [6, 6.07) is 15.3. The van der Waals surface area contributed by atoms with Gasteiger partial charge in [0.15, 0.2) is 0 Å². The van der Waals surface area contributed by atoms with Gasteiger partial charge in [-0.25, -0.2) is 9.59 Å². The van der Waals surface area contributed by atoms with E-state index in [0.717, 1.165) is 10.9 Å². The van der Waals surface area contributed by atoms with Gasteiger partial charge in [0.1, 0.15) is 0 Å². The average Bonchev–Trinajstić information content (AvgIpc) is 2.96. The number of hydrogen-bond donors (Lipinski definition) is 2. The number of carbonyl (C=O) groups is 2. The minimum atomic E-state index is -1.11. The van der Waals surface area contributed by atoms with Crippen molar-refractivity contribution < 1.29 is 19.8 Å². The van der Waals surface area contributed by atoms with Crippen LogP contribution in [0.3, 0.4) is 0 Å². The van der Waals surface area contributed by atoms with E-state index >= 15 is 0 Å². The molecule has 0 bridgehead atoms. The van der Waals surface area contributed by atoms with Crippen LogP contribution in [0.4, 0.5) is 0 Å². The lowest BCUT2D eigenvalue weighted by molar-refractivity contribution is 0.0696. The Kier molecular flexibility index (Phi) is 8.75. The Labute approximate surface area is 240 Å². The molecule has 5 heteroatoms. The molecule has 1 atom stereocenters. The molecule has 0 radical (unpaired) electrons. The van der Waals surface area contributed by atoms with Gasteiger partial charge in [0.2, 0.25) is 0 Å². The van der Waals surface area contributed by atoms with Gasteiger partial charge in [-0.05, 0) is 107 Å². The van der Waals surface area contributed by atoms with Gasteiger partial charge >= 0.3 is 11.9 Å². The molecule has 0 aromatic heterocycles. The highest BCUT2D eigenvalue weighted by Gasteiger charge is 2.22. The van der Waals surface area contributed by atoms with Crippen LogP contribution in [0.25, 0.3) is 12.2 Å². The van der Waals surface area contributed by atoms with E-state index in [-0.39, 0.29) is 16.7 Å². The van der Waals surface area contributed by atoms with Crippen molar-refractivity contribution in [1.82, 2.24) is 0 Å². The van der Waals surface area contributed by atoms with Crippen LogP contribution in [0.15, 0.2) is 48.5 Å². The molecular formula is C35H37ClO4. The van der Waals surface area contributed by atoms with Crippen molar-refractivity contribution in [3.8, 4) is 0 Å². The third kappa shape index (κ3) is 6.02. The van der Waals surface area contributed by atoms with Crippen LogP contribution in [0.5, 0.6) is 0 Å². The third-order valence-electron chi connectivity index (χ3n) is 8.85. The molecule has 4 nitrogen and oxygen atoms in total. The molecule has 40 heavy (non-hydrogen) atoms. The number of carboxylic acids is 2. The first-order chi connectivity index (χ1) is 19.3. The summed E-state index contributed by atoms with van der Waals surface area (Å²) >= 11 is 6.37. The predicted molar refractivity (Wildman–Crippen MR) is 160 cm³/mol. The largest absolute Gasteiger partial charge is 0.478 e. The SMILES string of the molecule is Cc1c(C(=O)O)cccc1C(=O)O.Clc1ccc2c(c1)=c1ccc3c(c1C(CCC1CCCCC1)C=2)CCCC=3. The number of halogens is 1. The van der Waals surface area contributed by atoms with Gasteiger partial charge in [0, 0.05) is 10.9 Å². The standard InChI is InChI=1S/C26H29Cl.C9H8O4/c27-22-14-12-20-16-21(11-10-18-6-2-1-3-7-18)26-23-9-5-4-8-19(23)13-15-24(26)25(20)17-22;1-5-6(8(10)11)3-2-4-7(5)9(12)13/h8,12-18,21H,1-7,9-11H2;2-4H,1H3,(H,10,11)(H,12,13). The summed E-state index contributed by atoms with van der Waals surface area (Å²) in [5.74, 6) is -0.702. The van der Waals surface area contributed by atoms with Crippen LogP contribution in [0, 0.1) is 23.3 Å². The molecule has 0 amide bonds. The van der Waals surface area contributed by atoms with Crippen molar-refractivity contribution in [2.75, 3.05) is 0 Å². The number of hydrogen-bond acceptors (Lipinski definition) is 2. The van der Waals surface area contributed by atoms with E-state index in [1.807, 2.05) is 6.07 Å². The highest BCUT2D eigenvalue weighted by Crippen LogP contribution is 2.35. The lowest BCUT2D eigenvalue weighted by atomic mass is 9.78. The van der Waals surface area contributed by atoms with E-state index in [1.54, 1.807) is 11.1 Å². The van der Waals surface area contributed by atoms with Crippen LogP contribution in [-0.2, 0) is 6.42 Å². The van der Waals surface area contributed by atoms with Crippen LogP contribution in [0.1, 0.15) is 101 Å². The van der Waals surface area contributed by atoms with E-state index in [2.05, 4.69) is 36.4 Å². The van der Waals surface area contributed by atoms with Gasteiger partial charge in [0.05, 0.1) is 11.1 Å². The summed E-state index contributed by atoms with van der Waals surface area (Å²) in [4.78, 5) is 21.2. The fourth-order valence-corrected chi connectivity index (χ4v) is 6.94. The van der Waals surface area contributed by atoms with Crippen LogP contribution >= 0.6 is 11.6 Å². The van der Waals surface area contributed by atoms with Crippen molar-refractivity contribution in [2.45, 2.75) is 77.0 Å². The highest BCUT2D eigenvalue weighted by atomic mass is 35.5. The van der Waals surface area contributed by atoms with Crippen molar-refractivity contribution in [3.63, 3.8) is 0 Å². The van der Waals surface area contributed by atoms with Gasteiger partial charge in [-0.2, -0.15) is 0 Å². The fraction of sp³-hybridized carbons (Fsp3) is 0.371. The topological polar surface area (TPSA) is 74.6 Å². The number of carboxylic acid groups (broad SMARTS) is 2. The lowest BCUT2D eigenvalue weighted by Gasteiger charge is -2.27. The molecule has 0 heterocycles. The summed E-state index contributed by atoms with van der Waals surface area (Å²) in [6.07, 6.45) is 18.7. The molecule has 0 spiro atoms. The maximum atomic E-state index is 10.6.